The number of aryl methyl sites for hydroxylation is 1. The van der Waals surface area contributed by atoms with Crippen LogP contribution in [0.4, 0.5) is 0 Å². The Kier molecular flexibility index (Phi) is 4.03. The van der Waals surface area contributed by atoms with Gasteiger partial charge in [0.05, 0.1) is 5.56 Å². The lowest BCUT2D eigenvalue weighted by atomic mass is 10.1. The van der Waals surface area contributed by atoms with Crippen molar-refractivity contribution in [3.05, 3.63) is 42.1 Å². The van der Waals surface area contributed by atoms with E-state index in [1.165, 1.54) is 0 Å². The van der Waals surface area contributed by atoms with Gasteiger partial charge in [-0.2, -0.15) is 0 Å². The number of aromatic nitrogens is 1. The van der Waals surface area contributed by atoms with Gasteiger partial charge in [0.2, 0.25) is 0 Å². The molecule has 0 N–H and O–H groups in total. The first-order chi connectivity index (χ1) is 10.6. The van der Waals surface area contributed by atoms with E-state index < -0.39 is 0 Å². The minimum atomic E-state index is 0.150. The molecule has 1 fully saturated rings. The summed E-state index contributed by atoms with van der Waals surface area (Å²) in [6, 6.07) is 6.17. The molecule has 1 aliphatic heterocycles. The van der Waals surface area contributed by atoms with Gasteiger partial charge in [0.15, 0.2) is 0 Å². The zero-order valence-corrected chi connectivity index (χ0v) is 13.4. The van der Waals surface area contributed by atoms with Crippen molar-refractivity contribution in [2.24, 2.45) is 0 Å². The molecule has 1 aliphatic rings. The fourth-order valence-electron chi connectivity index (χ4n) is 3.05. The normalized spacial score (nSPS) is 16.2. The highest BCUT2D eigenvalue weighted by Gasteiger charge is 2.23. The summed E-state index contributed by atoms with van der Waals surface area (Å²) < 4.78 is 2.14. The maximum Gasteiger partial charge on any atom is 0.256 e. The molecular formula is C18H23N3O. The molecule has 0 atom stereocenters. The Morgan fingerprint density at radius 1 is 1.27 bits per heavy atom. The Hall–Kier alpha value is -2.07. The SMILES string of the molecule is C=Cc1ccc2c(C(=O)N3CCN(C)CC3)cn(CC)c2c1. The van der Waals surface area contributed by atoms with Crippen molar-refractivity contribution in [3.8, 4) is 0 Å². The first-order valence-electron chi connectivity index (χ1n) is 7.87. The van der Waals surface area contributed by atoms with Crippen molar-refractivity contribution in [3.63, 3.8) is 0 Å². The van der Waals surface area contributed by atoms with E-state index >= 15 is 0 Å². The van der Waals surface area contributed by atoms with E-state index in [0.717, 1.165) is 54.8 Å². The van der Waals surface area contributed by atoms with Crippen LogP contribution in [0.3, 0.4) is 0 Å². The van der Waals surface area contributed by atoms with E-state index in [1.54, 1.807) is 0 Å². The summed E-state index contributed by atoms with van der Waals surface area (Å²) in [4.78, 5) is 17.1. The van der Waals surface area contributed by atoms with Crippen LogP contribution in [0.5, 0.6) is 0 Å². The minimum Gasteiger partial charge on any atom is -0.347 e. The van der Waals surface area contributed by atoms with Crippen LogP contribution in [0.2, 0.25) is 0 Å². The van der Waals surface area contributed by atoms with E-state index in [0.29, 0.717) is 0 Å². The summed E-state index contributed by atoms with van der Waals surface area (Å²) in [6.45, 7) is 10.3. The van der Waals surface area contributed by atoms with Gasteiger partial charge in [-0.05, 0) is 25.6 Å². The number of benzene rings is 1. The number of amides is 1. The third-order valence-electron chi connectivity index (χ3n) is 4.50. The second-order valence-electron chi connectivity index (χ2n) is 5.90. The largest absolute Gasteiger partial charge is 0.347 e. The second-order valence-corrected chi connectivity index (χ2v) is 5.90. The summed E-state index contributed by atoms with van der Waals surface area (Å²) in [6.07, 6.45) is 3.84. The van der Waals surface area contributed by atoms with E-state index in [9.17, 15) is 4.79 Å². The summed E-state index contributed by atoms with van der Waals surface area (Å²) in [5, 5.41) is 1.04. The molecule has 0 radical (unpaired) electrons. The number of nitrogens with zero attached hydrogens (tertiary/aromatic N) is 3. The van der Waals surface area contributed by atoms with Crippen LogP contribution in [-0.2, 0) is 6.54 Å². The monoisotopic (exact) mass is 297 g/mol. The van der Waals surface area contributed by atoms with Crippen molar-refractivity contribution in [2.45, 2.75) is 13.5 Å². The summed E-state index contributed by atoms with van der Waals surface area (Å²) in [5.41, 5.74) is 3.01. The number of hydrogen-bond acceptors (Lipinski definition) is 2. The summed E-state index contributed by atoms with van der Waals surface area (Å²) >= 11 is 0. The van der Waals surface area contributed by atoms with Crippen molar-refractivity contribution in [1.82, 2.24) is 14.4 Å². The number of carbonyl (C=O) groups is 1. The fourth-order valence-corrected chi connectivity index (χ4v) is 3.05. The number of likely N-dealkylation sites (N-methyl/N-ethyl adjacent to an activating group) is 1. The predicted molar refractivity (Wildman–Crippen MR) is 91.1 cm³/mol. The molecular weight excluding hydrogens is 274 g/mol. The van der Waals surface area contributed by atoms with Crippen LogP contribution in [0.25, 0.3) is 17.0 Å². The average molecular weight is 297 g/mol. The van der Waals surface area contributed by atoms with Gasteiger partial charge >= 0.3 is 0 Å². The molecule has 1 amide bonds. The van der Waals surface area contributed by atoms with Gasteiger partial charge in [-0.1, -0.05) is 24.8 Å². The van der Waals surface area contributed by atoms with Gasteiger partial charge in [0.1, 0.15) is 0 Å². The van der Waals surface area contributed by atoms with Crippen molar-refractivity contribution >= 4 is 22.9 Å². The molecule has 4 nitrogen and oxygen atoms in total. The number of fused-ring (bicyclic) bond motifs is 1. The number of carbonyl (C=O) groups excluding carboxylic acids is 1. The molecule has 1 aromatic heterocycles. The van der Waals surface area contributed by atoms with E-state index in [4.69, 9.17) is 0 Å². The van der Waals surface area contributed by atoms with Gasteiger partial charge in [0, 0.05) is 49.8 Å². The van der Waals surface area contributed by atoms with E-state index in [-0.39, 0.29) is 5.91 Å². The highest BCUT2D eigenvalue weighted by atomic mass is 16.2. The first kappa shape index (κ1) is 14.9. The summed E-state index contributed by atoms with van der Waals surface area (Å²) in [5.74, 6) is 0.150. The van der Waals surface area contributed by atoms with E-state index in [2.05, 4.69) is 36.1 Å². The van der Waals surface area contributed by atoms with Gasteiger partial charge in [-0.3, -0.25) is 4.79 Å². The zero-order chi connectivity index (χ0) is 15.7. The smallest absolute Gasteiger partial charge is 0.256 e. The van der Waals surface area contributed by atoms with Crippen LogP contribution >= 0.6 is 0 Å². The maximum absolute atomic E-state index is 12.9. The molecule has 0 spiro atoms. The number of hydrogen-bond donors (Lipinski definition) is 0. The molecule has 0 bridgehead atoms. The molecule has 0 unspecified atom stereocenters. The molecule has 4 heteroatoms. The maximum atomic E-state index is 12.9. The topological polar surface area (TPSA) is 28.5 Å². The lowest BCUT2D eigenvalue weighted by Crippen LogP contribution is -2.47. The third kappa shape index (κ3) is 2.55. The van der Waals surface area contributed by atoms with Crippen LogP contribution < -0.4 is 0 Å². The Morgan fingerprint density at radius 2 is 2.00 bits per heavy atom. The Labute approximate surface area is 131 Å². The lowest BCUT2D eigenvalue weighted by molar-refractivity contribution is 0.0666. The van der Waals surface area contributed by atoms with Crippen molar-refractivity contribution < 1.29 is 4.79 Å². The molecule has 2 heterocycles. The Bertz CT molecular complexity index is 708. The molecule has 1 aromatic carbocycles. The molecule has 0 aliphatic carbocycles. The van der Waals surface area contributed by atoms with Gasteiger partial charge in [-0.15, -0.1) is 0 Å². The molecule has 116 valence electrons. The van der Waals surface area contributed by atoms with Gasteiger partial charge in [0.25, 0.3) is 5.91 Å². The van der Waals surface area contributed by atoms with Crippen LogP contribution in [-0.4, -0.2) is 53.5 Å². The van der Waals surface area contributed by atoms with Crippen LogP contribution in [0.1, 0.15) is 22.8 Å². The van der Waals surface area contributed by atoms with Crippen LogP contribution in [0.15, 0.2) is 31.0 Å². The Morgan fingerprint density at radius 3 is 2.64 bits per heavy atom. The highest BCUT2D eigenvalue weighted by Crippen LogP contribution is 2.25. The molecule has 22 heavy (non-hydrogen) atoms. The minimum absolute atomic E-state index is 0.150. The first-order valence-corrected chi connectivity index (χ1v) is 7.87. The van der Waals surface area contributed by atoms with E-state index in [1.807, 2.05) is 29.3 Å². The van der Waals surface area contributed by atoms with Gasteiger partial charge < -0.3 is 14.4 Å². The molecule has 1 saturated heterocycles. The Balaban J connectivity index is 1.99. The standard InChI is InChI=1S/C18H23N3O/c1-4-14-6-7-15-16(13-20(5-2)17(15)12-14)18(22)21-10-8-19(3)9-11-21/h4,6-7,12-13H,1,5,8-11H2,2-3H3. The van der Waals surface area contributed by atoms with Crippen molar-refractivity contribution in [1.29, 1.82) is 0 Å². The summed E-state index contributed by atoms with van der Waals surface area (Å²) in [7, 11) is 2.10. The molecule has 3 rings (SSSR count). The van der Waals surface area contributed by atoms with Crippen molar-refractivity contribution in [2.75, 3.05) is 33.2 Å². The lowest BCUT2D eigenvalue weighted by Gasteiger charge is -2.32. The predicted octanol–water partition coefficient (Wildman–Crippen LogP) is 2.69. The van der Waals surface area contributed by atoms with Crippen LogP contribution in [0, 0.1) is 0 Å². The number of piperazine rings is 1. The van der Waals surface area contributed by atoms with Gasteiger partial charge in [-0.25, -0.2) is 0 Å². The molecule has 2 aromatic rings. The fraction of sp³-hybridized carbons (Fsp3) is 0.389. The molecule has 0 saturated carbocycles. The highest BCUT2D eigenvalue weighted by molar-refractivity contribution is 6.07. The zero-order valence-electron chi connectivity index (χ0n) is 13.4. The quantitative estimate of drug-likeness (QED) is 0.871. The number of rotatable bonds is 3. The average Bonchev–Trinajstić information content (AvgIpc) is 2.92. The second kappa shape index (κ2) is 5.97. The third-order valence-corrected chi connectivity index (χ3v) is 4.50.